The highest BCUT2D eigenvalue weighted by Crippen LogP contribution is 2.44. The highest BCUT2D eigenvalue weighted by atomic mass is 16.4. The molecule has 0 heterocycles. The number of amides is 3. The summed E-state index contributed by atoms with van der Waals surface area (Å²) >= 11 is 0. The molecule has 3 amide bonds. The van der Waals surface area contributed by atoms with Crippen LogP contribution in [0.2, 0.25) is 0 Å². The minimum absolute atomic E-state index is 0.00953. The molecule has 20 heavy (non-hydrogen) atoms. The largest absolute Gasteiger partial charge is 0.480 e. The summed E-state index contributed by atoms with van der Waals surface area (Å²) in [6.07, 6.45) is 4.47. The summed E-state index contributed by atoms with van der Waals surface area (Å²) in [6.45, 7) is 0. The molecule has 2 aliphatic rings. The Morgan fingerprint density at radius 2 is 1.65 bits per heavy atom. The van der Waals surface area contributed by atoms with Crippen molar-refractivity contribution in [2.45, 2.75) is 50.6 Å². The van der Waals surface area contributed by atoms with Crippen molar-refractivity contribution in [1.82, 2.24) is 10.6 Å². The van der Waals surface area contributed by atoms with Gasteiger partial charge in [0.05, 0.1) is 0 Å². The number of carboxylic acids is 1. The topological polar surface area (TPSA) is 122 Å². The van der Waals surface area contributed by atoms with Gasteiger partial charge in [-0.25, -0.2) is 9.59 Å². The van der Waals surface area contributed by atoms with Gasteiger partial charge in [-0.15, -0.1) is 0 Å². The van der Waals surface area contributed by atoms with Crippen molar-refractivity contribution in [1.29, 1.82) is 0 Å². The number of hydrogen-bond acceptors (Lipinski definition) is 3. The van der Waals surface area contributed by atoms with Gasteiger partial charge in [-0.05, 0) is 43.9 Å². The van der Waals surface area contributed by atoms with Crippen molar-refractivity contribution in [3.05, 3.63) is 0 Å². The maximum Gasteiger partial charge on any atom is 0.326 e. The van der Waals surface area contributed by atoms with Crippen molar-refractivity contribution in [3.63, 3.8) is 0 Å². The molecule has 0 aromatic carbocycles. The van der Waals surface area contributed by atoms with Crippen molar-refractivity contribution >= 4 is 17.9 Å². The molecule has 5 N–H and O–H groups in total. The third-order valence-corrected chi connectivity index (χ3v) is 3.84. The SMILES string of the molecule is NC(=O)CCC(NC(=O)NC(C1CC1)C1CC1)C(=O)O. The Labute approximate surface area is 117 Å². The van der Waals surface area contributed by atoms with Gasteiger partial charge in [0.15, 0.2) is 0 Å². The summed E-state index contributed by atoms with van der Waals surface area (Å²) in [4.78, 5) is 33.6. The Balaban J connectivity index is 1.80. The maximum absolute atomic E-state index is 11.9. The van der Waals surface area contributed by atoms with E-state index in [1.165, 1.54) is 0 Å². The molecule has 0 aliphatic heterocycles. The predicted octanol–water partition coefficient (Wildman–Crippen LogP) is 0.193. The van der Waals surface area contributed by atoms with Crippen LogP contribution in [0.25, 0.3) is 0 Å². The van der Waals surface area contributed by atoms with Crippen LogP contribution >= 0.6 is 0 Å². The molecule has 2 saturated carbocycles. The Kier molecular flexibility index (Phi) is 4.46. The molecule has 1 atom stereocenters. The number of hydrogen-bond donors (Lipinski definition) is 4. The van der Waals surface area contributed by atoms with Crippen LogP contribution < -0.4 is 16.4 Å². The number of rotatable bonds is 8. The zero-order chi connectivity index (χ0) is 14.7. The Morgan fingerprint density at radius 1 is 1.10 bits per heavy atom. The van der Waals surface area contributed by atoms with Crippen LogP contribution in [-0.2, 0) is 9.59 Å². The van der Waals surface area contributed by atoms with Gasteiger partial charge in [-0.3, -0.25) is 4.79 Å². The van der Waals surface area contributed by atoms with Gasteiger partial charge in [0, 0.05) is 12.5 Å². The van der Waals surface area contributed by atoms with Gasteiger partial charge < -0.3 is 21.5 Å². The smallest absolute Gasteiger partial charge is 0.326 e. The van der Waals surface area contributed by atoms with E-state index in [0.717, 1.165) is 25.7 Å². The summed E-state index contributed by atoms with van der Waals surface area (Å²) in [6, 6.07) is -1.38. The van der Waals surface area contributed by atoms with E-state index in [0.29, 0.717) is 11.8 Å². The molecular weight excluding hydrogens is 262 g/mol. The first-order valence-corrected chi connectivity index (χ1v) is 7.05. The Hall–Kier alpha value is -1.79. The second kappa shape index (κ2) is 6.11. The average molecular weight is 283 g/mol. The molecular formula is C13H21N3O4. The number of urea groups is 1. The molecule has 112 valence electrons. The van der Waals surface area contributed by atoms with Crippen LogP contribution in [0, 0.1) is 11.8 Å². The number of carboxylic acid groups (broad SMARTS) is 1. The monoisotopic (exact) mass is 283 g/mol. The molecule has 0 spiro atoms. The molecule has 0 aromatic heterocycles. The minimum Gasteiger partial charge on any atom is -0.480 e. The summed E-state index contributed by atoms with van der Waals surface area (Å²) < 4.78 is 0. The van der Waals surface area contributed by atoms with Gasteiger partial charge in [0.25, 0.3) is 0 Å². The standard InChI is InChI=1S/C13H21N3O4/c14-10(17)6-5-9(12(18)19)15-13(20)16-11(7-1-2-7)8-3-4-8/h7-9,11H,1-6H2,(H2,14,17)(H,18,19)(H2,15,16,20). The van der Waals surface area contributed by atoms with Crippen molar-refractivity contribution < 1.29 is 19.5 Å². The minimum atomic E-state index is -1.16. The van der Waals surface area contributed by atoms with Gasteiger partial charge in [-0.1, -0.05) is 0 Å². The van der Waals surface area contributed by atoms with Crippen LogP contribution in [0.4, 0.5) is 4.79 Å². The molecule has 0 saturated heterocycles. The molecule has 2 rings (SSSR count). The predicted molar refractivity (Wildman–Crippen MR) is 70.8 cm³/mol. The zero-order valence-electron chi connectivity index (χ0n) is 11.3. The molecule has 1 unspecified atom stereocenters. The first-order valence-electron chi connectivity index (χ1n) is 7.05. The highest BCUT2D eigenvalue weighted by Gasteiger charge is 2.42. The lowest BCUT2D eigenvalue weighted by Crippen LogP contribution is -2.50. The molecule has 2 fully saturated rings. The van der Waals surface area contributed by atoms with Gasteiger partial charge in [0.1, 0.15) is 6.04 Å². The highest BCUT2D eigenvalue weighted by molar-refractivity contribution is 5.83. The maximum atomic E-state index is 11.9. The third-order valence-electron chi connectivity index (χ3n) is 3.84. The van der Waals surface area contributed by atoms with E-state index in [-0.39, 0.29) is 18.9 Å². The number of nitrogens with one attached hydrogen (secondary N) is 2. The average Bonchev–Trinajstić information content (AvgIpc) is 3.24. The van der Waals surface area contributed by atoms with Gasteiger partial charge in [0.2, 0.25) is 5.91 Å². The second-order valence-corrected chi connectivity index (χ2v) is 5.71. The number of nitrogens with two attached hydrogens (primary N) is 1. The fourth-order valence-corrected chi connectivity index (χ4v) is 2.43. The van der Waals surface area contributed by atoms with E-state index in [4.69, 9.17) is 10.8 Å². The normalized spacial score (nSPS) is 19.4. The molecule has 0 bridgehead atoms. The Morgan fingerprint density at radius 3 is 2.05 bits per heavy atom. The first kappa shape index (κ1) is 14.6. The summed E-state index contributed by atoms with van der Waals surface area (Å²) in [5, 5.41) is 14.3. The van der Waals surface area contributed by atoms with E-state index in [9.17, 15) is 14.4 Å². The summed E-state index contributed by atoms with van der Waals surface area (Å²) in [5.41, 5.74) is 4.99. The van der Waals surface area contributed by atoms with Gasteiger partial charge in [-0.2, -0.15) is 0 Å². The molecule has 0 aromatic rings. The lowest BCUT2D eigenvalue weighted by Gasteiger charge is -2.20. The zero-order valence-corrected chi connectivity index (χ0v) is 11.3. The number of carbonyl (C=O) groups excluding carboxylic acids is 2. The van der Waals surface area contributed by atoms with E-state index in [2.05, 4.69) is 10.6 Å². The summed E-state index contributed by atoms with van der Waals surface area (Å²) in [5.74, 6) is -0.646. The van der Waals surface area contributed by atoms with E-state index in [1.807, 2.05) is 0 Å². The molecule has 0 radical (unpaired) electrons. The van der Waals surface area contributed by atoms with E-state index in [1.54, 1.807) is 0 Å². The number of primary amides is 1. The Bertz CT molecular complexity index is 392. The number of carbonyl (C=O) groups is 3. The van der Waals surface area contributed by atoms with Crippen LogP contribution in [0.15, 0.2) is 0 Å². The van der Waals surface area contributed by atoms with Crippen LogP contribution in [0.1, 0.15) is 38.5 Å². The van der Waals surface area contributed by atoms with Crippen LogP contribution in [-0.4, -0.2) is 35.1 Å². The number of aliphatic carboxylic acids is 1. The quantitative estimate of drug-likeness (QED) is 0.508. The second-order valence-electron chi connectivity index (χ2n) is 5.71. The summed E-state index contributed by atoms with van der Waals surface area (Å²) in [7, 11) is 0. The molecule has 2 aliphatic carbocycles. The first-order chi connectivity index (χ1) is 9.47. The van der Waals surface area contributed by atoms with Crippen LogP contribution in [0.3, 0.4) is 0 Å². The van der Waals surface area contributed by atoms with Crippen molar-refractivity contribution in [2.75, 3.05) is 0 Å². The van der Waals surface area contributed by atoms with Gasteiger partial charge >= 0.3 is 12.0 Å². The lowest BCUT2D eigenvalue weighted by molar-refractivity contribution is -0.139. The van der Waals surface area contributed by atoms with Crippen molar-refractivity contribution in [2.24, 2.45) is 17.6 Å². The van der Waals surface area contributed by atoms with Crippen molar-refractivity contribution in [3.8, 4) is 0 Å². The fraction of sp³-hybridized carbons (Fsp3) is 0.769. The fourth-order valence-electron chi connectivity index (χ4n) is 2.43. The van der Waals surface area contributed by atoms with Crippen LogP contribution in [0.5, 0.6) is 0 Å². The lowest BCUT2D eigenvalue weighted by atomic mass is 10.1. The molecule has 7 nitrogen and oxygen atoms in total. The van der Waals surface area contributed by atoms with E-state index >= 15 is 0 Å². The third kappa shape index (κ3) is 4.40. The van der Waals surface area contributed by atoms with E-state index < -0.39 is 23.9 Å². The molecule has 7 heteroatoms.